The van der Waals surface area contributed by atoms with Crippen LogP contribution in [0.2, 0.25) is 0 Å². The van der Waals surface area contributed by atoms with Gasteiger partial charge in [-0.05, 0) is 30.7 Å². The standard InChI is InChI=1S/C16H23N3O3.ClH/c20-16(18-4-1-7-19-8-5-17-6-9-19)11-13-2-3-14-15(10-13)22-12-21-14;/h2-3,10,17H,1,4-9,11-12H2,(H,18,20);1H. The van der Waals surface area contributed by atoms with Crippen molar-refractivity contribution in [2.45, 2.75) is 12.8 Å². The molecular formula is C16H24ClN3O3. The van der Waals surface area contributed by atoms with Gasteiger partial charge in [-0.1, -0.05) is 6.07 Å². The molecule has 0 aliphatic carbocycles. The molecule has 128 valence electrons. The van der Waals surface area contributed by atoms with Crippen molar-refractivity contribution in [2.75, 3.05) is 46.1 Å². The molecule has 0 unspecified atom stereocenters. The van der Waals surface area contributed by atoms with E-state index in [1.54, 1.807) is 0 Å². The zero-order chi connectivity index (χ0) is 15.2. The number of ether oxygens (including phenoxy) is 2. The number of amides is 1. The Labute approximate surface area is 142 Å². The Morgan fingerprint density at radius 2 is 2.00 bits per heavy atom. The van der Waals surface area contributed by atoms with Crippen LogP contribution in [0.4, 0.5) is 0 Å². The number of fused-ring (bicyclic) bond motifs is 1. The summed E-state index contributed by atoms with van der Waals surface area (Å²) >= 11 is 0. The third-order valence-corrected chi connectivity index (χ3v) is 3.98. The van der Waals surface area contributed by atoms with E-state index in [4.69, 9.17) is 9.47 Å². The Kier molecular flexibility index (Phi) is 6.95. The number of hydrogen-bond donors (Lipinski definition) is 2. The van der Waals surface area contributed by atoms with Gasteiger partial charge >= 0.3 is 0 Å². The van der Waals surface area contributed by atoms with Crippen LogP contribution in [-0.2, 0) is 11.2 Å². The van der Waals surface area contributed by atoms with E-state index in [-0.39, 0.29) is 25.1 Å². The first-order valence-electron chi connectivity index (χ1n) is 7.89. The predicted octanol–water partition coefficient (Wildman–Crippen LogP) is 0.791. The number of carbonyl (C=O) groups excluding carboxylic acids is 1. The van der Waals surface area contributed by atoms with E-state index in [0.717, 1.165) is 62.8 Å². The summed E-state index contributed by atoms with van der Waals surface area (Å²) < 4.78 is 10.6. The number of benzene rings is 1. The number of nitrogens with one attached hydrogen (secondary N) is 2. The maximum Gasteiger partial charge on any atom is 0.231 e. The first kappa shape index (κ1) is 17.8. The van der Waals surface area contributed by atoms with Crippen LogP contribution >= 0.6 is 12.4 Å². The molecule has 0 aromatic heterocycles. The van der Waals surface area contributed by atoms with Gasteiger partial charge < -0.3 is 25.0 Å². The number of halogens is 1. The van der Waals surface area contributed by atoms with Crippen LogP contribution in [0.15, 0.2) is 18.2 Å². The molecule has 23 heavy (non-hydrogen) atoms. The lowest BCUT2D eigenvalue weighted by molar-refractivity contribution is -0.120. The summed E-state index contributed by atoms with van der Waals surface area (Å²) in [5, 5.41) is 6.32. The summed E-state index contributed by atoms with van der Waals surface area (Å²) in [4.78, 5) is 14.4. The Hall–Kier alpha value is -1.50. The highest BCUT2D eigenvalue weighted by Gasteiger charge is 2.14. The second kappa shape index (κ2) is 8.96. The van der Waals surface area contributed by atoms with Crippen molar-refractivity contribution in [2.24, 2.45) is 0 Å². The molecule has 2 aliphatic rings. The molecule has 0 spiro atoms. The van der Waals surface area contributed by atoms with E-state index in [1.807, 2.05) is 18.2 Å². The second-order valence-electron chi connectivity index (χ2n) is 5.66. The van der Waals surface area contributed by atoms with Crippen molar-refractivity contribution in [1.82, 2.24) is 15.5 Å². The molecule has 1 aromatic carbocycles. The highest BCUT2D eigenvalue weighted by atomic mass is 35.5. The minimum atomic E-state index is 0. The van der Waals surface area contributed by atoms with Crippen molar-refractivity contribution in [1.29, 1.82) is 0 Å². The molecule has 1 fully saturated rings. The molecule has 0 atom stereocenters. The first-order chi connectivity index (χ1) is 10.8. The third kappa shape index (κ3) is 5.27. The second-order valence-corrected chi connectivity index (χ2v) is 5.66. The number of hydrogen-bond acceptors (Lipinski definition) is 5. The van der Waals surface area contributed by atoms with Crippen molar-refractivity contribution >= 4 is 18.3 Å². The minimum Gasteiger partial charge on any atom is -0.454 e. The lowest BCUT2D eigenvalue weighted by atomic mass is 10.1. The van der Waals surface area contributed by atoms with E-state index < -0.39 is 0 Å². The van der Waals surface area contributed by atoms with Crippen molar-refractivity contribution < 1.29 is 14.3 Å². The van der Waals surface area contributed by atoms with Crippen LogP contribution < -0.4 is 20.1 Å². The quantitative estimate of drug-likeness (QED) is 0.749. The first-order valence-corrected chi connectivity index (χ1v) is 7.89. The van der Waals surface area contributed by atoms with Gasteiger partial charge in [-0.2, -0.15) is 0 Å². The molecule has 0 radical (unpaired) electrons. The molecule has 2 heterocycles. The van der Waals surface area contributed by atoms with Crippen LogP contribution in [0, 0.1) is 0 Å². The van der Waals surface area contributed by atoms with E-state index >= 15 is 0 Å². The Morgan fingerprint density at radius 3 is 2.83 bits per heavy atom. The Bertz CT molecular complexity index is 521. The van der Waals surface area contributed by atoms with Gasteiger partial charge in [-0.15, -0.1) is 12.4 Å². The predicted molar refractivity (Wildman–Crippen MR) is 90.5 cm³/mol. The molecule has 6 nitrogen and oxygen atoms in total. The molecule has 7 heteroatoms. The number of piperazine rings is 1. The number of carbonyl (C=O) groups is 1. The summed E-state index contributed by atoms with van der Waals surface area (Å²) in [5.41, 5.74) is 0.948. The van der Waals surface area contributed by atoms with Crippen LogP contribution in [-0.4, -0.2) is 56.9 Å². The Balaban J connectivity index is 0.00000192. The van der Waals surface area contributed by atoms with E-state index in [2.05, 4.69) is 15.5 Å². The zero-order valence-corrected chi connectivity index (χ0v) is 14.0. The molecule has 1 aromatic rings. The molecule has 3 rings (SSSR count). The van der Waals surface area contributed by atoms with Gasteiger partial charge in [0.25, 0.3) is 0 Å². The fraction of sp³-hybridized carbons (Fsp3) is 0.562. The van der Waals surface area contributed by atoms with Crippen molar-refractivity contribution in [3.63, 3.8) is 0 Å². The summed E-state index contributed by atoms with van der Waals surface area (Å²) in [7, 11) is 0. The molecule has 0 saturated carbocycles. The zero-order valence-electron chi connectivity index (χ0n) is 13.2. The van der Waals surface area contributed by atoms with Gasteiger partial charge in [-0.25, -0.2) is 0 Å². The average molecular weight is 342 g/mol. The molecule has 0 bridgehead atoms. The molecule has 1 amide bonds. The lowest BCUT2D eigenvalue weighted by Gasteiger charge is -2.27. The monoisotopic (exact) mass is 341 g/mol. The Morgan fingerprint density at radius 1 is 1.22 bits per heavy atom. The molecule has 2 N–H and O–H groups in total. The van der Waals surface area contributed by atoms with Gasteiger partial charge in [0.05, 0.1) is 6.42 Å². The van der Waals surface area contributed by atoms with Gasteiger partial charge in [0.15, 0.2) is 11.5 Å². The summed E-state index contributed by atoms with van der Waals surface area (Å²) in [6, 6.07) is 5.64. The average Bonchev–Trinajstić information content (AvgIpc) is 3.00. The van der Waals surface area contributed by atoms with Crippen LogP contribution in [0.25, 0.3) is 0 Å². The normalized spacial score (nSPS) is 16.7. The fourth-order valence-electron chi connectivity index (χ4n) is 2.76. The fourth-order valence-corrected chi connectivity index (χ4v) is 2.76. The van der Waals surface area contributed by atoms with E-state index in [9.17, 15) is 4.79 Å². The van der Waals surface area contributed by atoms with E-state index in [1.165, 1.54) is 0 Å². The number of nitrogens with zero attached hydrogens (tertiary/aromatic N) is 1. The minimum absolute atomic E-state index is 0. The van der Waals surface area contributed by atoms with Crippen molar-refractivity contribution in [3.8, 4) is 11.5 Å². The maximum atomic E-state index is 12.0. The lowest BCUT2D eigenvalue weighted by Crippen LogP contribution is -2.44. The van der Waals surface area contributed by atoms with Gasteiger partial charge in [0.1, 0.15) is 0 Å². The van der Waals surface area contributed by atoms with Crippen molar-refractivity contribution in [3.05, 3.63) is 23.8 Å². The summed E-state index contributed by atoms with van der Waals surface area (Å²) in [6.45, 7) is 6.37. The SMILES string of the molecule is Cl.O=C(Cc1ccc2c(c1)OCO2)NCCCN1CCNCC1. The van der Waals surface area contributed by atoms with Gasteiger partial charge in [0.2, 0.25) is 12.7 Å². The molecular weight excluding hydrogens is 318 g/mol. The van der Waals surface area contributed by atoms with Gasteiger partial charge in [-0.3, -0.25) is 4.79 Å². The largest absolute Gasteiger partial charge is 0.454 e. The third-order valence-electron chi connectivity index (χ3n) is 3.98. The summed E-state index contributed by atoms with van der Waals surface area (Å²) in [6.07, 6.45) is 1.37. The summed E-state index contributed by atoms with van der Waals surface area (Å²) in [5.74, 6) is 1.53. The van der Waals surface area contributed by atoms with Crippen LogP contribution in [0.3, 0.4) is 0 Å². The van der Waals surface area contributed by atoms with Crippen LogP contribution in [0.5, 0.6) is 11.5 Å². The smallest absolute Gasteiger partial charge is 0.231 e. The molecule has 1 saturated heterocycles. The molecule has 2 aliphatic heterocycles. The van der Waals surface area contributed by atoms with Crippen LogP contribution in [0.1, 0.15) is 12.0 Å². The highest BCUT2D eigenvalue weighted by molar-refractivity contribution is 5.85. The maximum absolute atomic E-state index is 12.0. The topological polar surface area (TPSA) is 62.8 Å². The van der Waals surface area contributed by atoms with E-state index in [0.29, 0.717) is 6.42 Å². The van der Waals surface area contributed by atoms with Gasteiger partial charge in [0, 0.05) is 32.7 Å². The highest BCUT2D eigenvalue weighted by Crippen LogP contribution is 2.32. The number of rotatable bonds is 6.